The minimum atomic E-state index is -3.47. The topological polar surface area (TPSA) is 211 Å². The first-order valence-corrected chi connectivity index (χ1v) is 11.4. The molecule has 0 radical (unpaired) electrons. The third-order valence-electron chi connectivity index (χ3n) is 7.20. The zero-order chi connectivity index (χ0) is 30.8. The first-order valence-electron chi connectivity index (χ1n) is 11.4. The summed E-state index contributed by atoms with van der Waals surface area (Å²) in [7, 11) is 0. The number of hydrogen-bond acceptors (Lipinski definition) is 11. The number of nitrogens with zero attached hydrogens (tertiary/aromatic N) is 1. The standard InChI is InChI=1S/C25H33NO12/c1-12(27)23(13(2)28,14(3)29)26(11-21(36)10-22(37)38,24(15(4)30,16(5)31)17(6)32)25(18(7)33,19(8)34)20(9)35/h21,36H,10-11H2,1-9H3/p+1. The zero-order valence-electron chi connectivity index (χ0n) is 22.9. The number of quaternary nitrogens is 1. The number of Topliss-reactive ketones (excluding diaryl/α,β-unsaturated/α-hetero) is 9. The Morgan fingerprint density at radius 3 is 0.816 bits per heavy atom. The number of hydrogen-bond donors (Lipinski definition) is 2. The number of carbonyl (C=O) groups is 10. The van der Waals surface area contributed by atoms with Crippen LogP contribution in [0.5, 0.6) is 0 Å². The minimum Gasteiger partial charge on any atom is -0.481 e. The van der Waals surface area contributed by atoms with Crippen molar-refractivity contribution in [1.82, 2.24) is 0 Å². The van der Waals surface area contributed by atoms with Gasteiger partial charge in [-0.2, -0.15) is 0 Å². The molecule has 0 fully saturated rings. The van der Waals surface area contributed by atoms with Crippen LogP contribution < -0.4 is 0 Å². The molecule has 2 N–H and O–H groups in total. The molecular formula is C25H34NO12+. The number of carboxylic acids is 1. The largest absolute Gasteiger partial charge is 0.481 e. The summed E-state index contributed by atoms with van der Waals surface area (Å²) in [5.41, 5.74) is -10.4. The molecule has 13 heteroatoms. The fourth-order valence-corrected chi connectivity index (χ4v) is 6.40. The highest BCUT2D eigenvalue weighted by molar-refractivity contribution is 6.34. The van der Waals surface area contributed by atoms with Crippen molar-refractivity contribution in [2.24, 2.45) is 0 Å². The number of aliphatic hydroxyl groups excluding tert-OH is 1. The van der Waals surface area contributed by atoms with Gasteiger partial charge >= 0.3 is 5.97 Å². The Bertz CT molecular complexity index is 915. The molecule has 0 saturated carbocycles. The number of ketones is 9. The average Bonchev–Trinajstić information content (AvgIpc) is 2.65. The Balaban J connectivity index is 9.65. The number of aliphatic hydroxyl groups is 1. The normalized spacial score (nSPS) is 13.2. The maximum atomic E-state index is 13.5. The molecule has 0 rings (SSSR count). The maximum absolute atomic E-state index is 13.5. The van der Waals surface area contributed by atoms with Crippen molar-refractivity contribution in [1.29, 1.82) is 0 Å². The van der Waals surface area contributed by atoms with Crippen LogP contribution in [0.4, 0.5) is 0 Å². The number of carbonyl (C=O) groups excluding carboxylic acids is 9. The van der Waals surface area contributed by atoms with Gasteiger partial charge in [0.25, 0.3) is 16.6 Å². The van der Waals surface area contributed by atoms with E-state index in [9.17, 15) is 58.2 Å². The van der Waals surface area contributed by atoms with Crippen LogP contribution in [0, 0.1) is 0 Å². The summed E-state index contributed by atoms with van der Waals surface area (Å²) < 4.78 is -2.40. The predicted octanol–water partition coefficient (Wildman–Crippen LogP) is -0.844. The van der Waals surface area contributed by atoms with E-state index in [2.05, 4.69) is 0 Å². The lowest BCUT2D eigenvalue weighted by molar-refractivity contribution is -0.988. The van der Waals surface area contributed by atoms with Gasteiger partial charge < -0.3 is 10.2 Å². The second-order valence-electron chi connectivity index (χ2n) is 9.38. The minimum absolute atomic E-state index is 0.649. The summed E-state index contributed by atoms with van der Waals surface area (Å²) in [6.07, 6.45) is -3.53. The van der Waals surface area contributed by atoms with E-state index < -0.39 is 98.2 Å². The number of rotatable bonds is 16. The summed E-state index contributed by atoms with van der Waals surface area (Å²) in [6.45, 7) is 4.30. The molecule has 0 saturated heterocycles. The fourth-order valence-electron chi connectivity index (χ4n) is 6.40. The van der Waals surface area contributed by atoms with Gasteiger partial charge in [0.2, 0.25) is 52.0 Å². The van der Waals surface area contributed by atoms with E-state index in [0.29, 0.717) is 62.3 Å². The summed E-state index contributed by atoms with van der Waals surface area (Å²) in [5.74, 6) is -14.9. The average molecular weight is 541 g/mol. The Kier molecular flexibility index (Phi) is 10.4. The molecule has 1 atom stereocenters. The van der Waals surface area contributed by atoms with E-state index in [-0.39, 0.29) is 0 Å². The van der Waals surface area contributed by atoms with E-state index >= 15 is 0 Å². The monoisotopic (exact) mass is 540 g/mol. The summed E-state index contributed by atoms with van der Waals surface area (Å²) >= 11 is 0. The van der Waals surface area contributed by atoms with Gasteiger partial charge in [0.05, 0.1) is 6.42 Å². The number of aliphatic carboxylic acids is 1. The van der Waals surface area contributed by atoms with Gasteiger partial charge in [-0.3, -0.25) is 52.4 Å². The van der Waals surface area contributed by atoms with Crippen molar-refractivity contribution in [3.63, 3.8) is 0 Å². The van der Waals surface area contributed by atoms with Crippen LogP contribution in [0.3, 0.4) is 0 Å². The van der Waals surface area contributed by atoms with Crippen molar-refractivity contribution in [2.45, 2.75) is 91.5 Å². The van der Waals surface area contributed by atoms with Crippen LogP contribution in [0.25, 0.3) is 0 Å². The molecule has 0 aromatic rings. The lowest BCUT2D eigenvalue weighted by Crippen LogP contribution is -2.96. The summed E-state index contributed by atoms with van der Waals surface area (Å²) in [5, 5.41) is 20.2. The molecule has 0 amide bonds. The van der Waals surface area contributed by atoms with Gasteiger partial charge in [-0.15, -0.1) is 0 Å². The van der Waals surface area contributed by atoms with Gasteiger partial charge in [0.15, 0.2) is 0 Å². The van der Waals surface area contributed by atoms with E-state index in [0.717, 1.165) is 0 Å². The van der Waals surface area contributed by atoms with E-state index in [1.54, 1.807) is 0 Å². The van der Waals surface area contributed by atoms with Gasteiger partial charge in [-0.1, -0.05) is 0 Å². The van der Waals surface area contributed by atoms with E-state index in [4.69, 9.17) is 0 Å². The molecule has 0 aliphatic rings. The van der Waals surface area contributed by atoms with Crippen LogP contribution in [-0.4, -0.2) is 102 Å². The molecule has 0 bridgehead atoms. The molecule has 1 unspecified atom stereocenters. The molecule has 0 aromatic heterocycles. The van der Waals surface area contributed by atoms with Crippen molar-refractivity contribution in [2.75, 3.05) is 6.54 Å². The van der Waals surface area contributed by atoms with Crippen molar-refractivity contribution in [3.05, 3.63) is 0 Å². The number of carboxylic acid groups (broad SMARTS) is 1. The highest BCUT2D eigenvalue weighted by Gasteiger charge is 2.85. The quantitative estimate of drug-likeness (QED) is 0.181. The third kappa shape index (κ3) is 4.29. The smallest absolute Gasteiger partial charge is 0.306 e. The lowest BCUT2D eigenvalue weighted by atomic mass is 9.63. The molecule has 210 valence electrons. The highest BCUT2D eigenvalue weighted by Crippen LogP contribution is 2.50. The van der Waals surface area contributed by atoms with Gasteiger partial charge in [0, 0.05) is 62.3 Å². The molecule has 0 aliphatic carbocycles. The molecule has 13 nitrogen and oxygen atoms in total. The Morgan fingerprint density at radius 1 is 0.500 bits per heavy atom. The predicted molar refractivity (Wildman–Crippen MR) is 128 cm³/mol. The Morgan fingerprint density at radius 2 is 0.684 bits per heavy atom. The van der Waals surface area contributed by atoms with Gasteiger partial charge in [-0.25, -0.2) is 0 Å². The molecule has 0 spiro atoms. The third-order valence-corrected chi connectivity index (χ3v) is 7.20. The van der Waals surface area contributed by atoms with Crippen molar-refractivity contribution >= 4 is 58.0 Å². The molecular weight excluding hydrogens is 506 g/mol. The molecule has 38 heavy (non-hydrogen) atoms. The fraction of sp³-hybridized carbons (Fsp3) is 0.600. The zero-order valence-corrected chi connectivity index (χ0v) is 22.9. The Labute approximate surface area is 219 Å². The first-order chi connectivity index (χ1) is 17.1. The van der Waals surface area contributed by atoms with E-state index in [1.165, 1.54) is 0 Å². The van der Waals surface area contributed by atoms with Crippen LogP contribution in [-0.2, 0) is 47.9 Å². The Hall–Kier alpha value is -3.58. The van der Waals surface area contributed by atoms with Crippen LogP contribution >= 0.6 is 0 Å². The summed E-state index contributed by atoms with van der Waals surface area (Å²) in [6, 6.07) is 0. The molecule has 0 heterocycles. The van der Waals surface area contributed by atoms with Crippen molar-refractivity contribution < 1.29 is 62.6 Å². The van der Waals surface area contributed by atoms with E-state index in [1.807, 2.05) is 0 Å². The summed E-state index contributed by atoms with van der Waals surface area (Å²) in [4.78, 5) is 133. The second kappa shape index (κ2) is 11.4. The SMILES string of the molecule is CC(=O)C(C(C)=O)(C(C)=O)[N+](CC(O)CC(=O)O)(C(C(C)=O)(C(C)=O)C(C)=O)C(C(C)=O)(C(C)=O)C(C)=O. The van der Waals surface area contributed by atoms with Crippen LogP contribution in [0.1, 0.15) is 68.7 Å². The van der Waals surface area contributed by atoms with Crippen LogP contribution in [0.2, 0.25) is 0 Å². The van der Waals surface area contributed by atoms with Crippen molar-refractivity contribution in [3.8, 4) is 0 Å². The second-order valence-corrected chi connectivity index (χ2v) is 9.38. The van der Waals surface area contributed by atoms with Crippen LogP contribution in [0.15, 0.2) is 0 Å². The molecule has 0 aromatic carbocycles. The lowest BCUT2D eigenvalue weighted by Gasteiger charge is -2.62. The van der Waals surface area contributed by atoms with Gasteiger partial charge in [-0.05, 0) is 0 Å². The molecule has 0 aliphatic heterocycles. The first kappa shape index (κ1) is 34.4. The highest BCUT2D eigenvalue weighted by atomic mass is 16.4. The van der Waals surface area contributed by atoms with Gasteiger partial charge in [0.1, 0.15) is 12.6 Å². The maximum Gasteiger partial charge on any atom is 0.306 e.